The maximum atomic E-state index is 14.5. The lowest BCUT2D eigenvalue weighted by Gasteiger charge is -2.35. The average molecular weight is 612 g/mol. The van der Waals surface area contributed by atoms with Crippen LogP contribution in [0.1, 0.15) is 97.2 Å². The van der Waals surface area contributed by atoms with Crippen LogP contribution in [0.4, 0.5) is 10.5 Å². The zero-order chi connectivity index (χ0) is 33.0. The van der Waals surface area contributed by atoms with Crippen LogP contribution in [0.25, 0.3) is 10.8 Å². The van der Waals surface area contributed by atoms with Crippen molar-refractivity contribution in [3.05, 3.63) is 77.9 Å². The molecule has 0 saturated carbocycles. The first-order valence-corrected chi connectivity index (χ1v) is 16.1. The van der Waals surface area contributed by atoms with E-state index >= 15 is 0 Å². The predicted molar refractivity (Wildman–Crippen MR) is 183 cm³/mol. The maximum Gasteiger partial charge on any atom is 0.408 e. The van der Waals surface area contributed by atoms with Crippen LogP contribution < -0.4 is 10.6 Å². The first kappa shape index (κ1) is 35.2. The Labute approximate surface area is 269 Å². The molecule has 0 aliphatic rings. The van der Waals surface area contributed by atoms with Crippen molar-refractivity contribution in [1.29, 1.82) is 0 Å². The molecule has 7 heteroatoms. The molecule has 3 rings (SSSR count). The Morgan fingerprint density at radius 3 is 2.20 bits per heavy atom. The highest BCUT2D eigenvalue weighted by molar-refractivity contribution is 6.00. The summed E-state index contributed by atoms with van der Waals surface area (Å²) in [7, 11) is 0. The molecular formula is C38H49N3O4. The minimum atomic E-state index is -0.961. The Morgan fingerprint density at radius 2 is 1.58 bits per heavy atom. The van der Waals surface area contributed by atoms with E-state index in [4.69, 9.17) is 11.2 Å². The molecule has 0 fully saturated rings. The third-order valence-corrected chi connectivity index (χ3v) is 7.45. The van der Waals surface area contributed by atoms with E-state index in [9.17, 15) is 14.4 Å². The van der Waals surface area contributed by atoms with Crippen LogP contribution in [-0.2, 0) is 14.3 Å². The van der Waals surface area contributed by atoms with Gasteiger partial charge in [-0.05, 0) is 80.1 Å². The van der Waals surface area contributed by atoms with E-state index in [-0.39, 0.29) is 17.7 Å². The summed E-state index contributed by atoms with van der Waals surface area (Å²) in [6.07, 6.45) is 10.2. The fourth-order valence-electron chi connectivity index (χ4n) is 5.31. The van der Waals surface area contributed by atoms with E-state index < -0.39 is 23.8 Å². The molecule has 2 atom stereocenters. The number of nitrogens with zero attached hydrogens (tertiary/aromatic N) is 1. The Bertz CT molecular complexity index is 1470. The molecule has 240 valence electrons. The number of fused-ring (bicyclic) bond motifs is 1. The average Bonchev–Trinajstić information content (AvgIpc) is 2.98. The smallest absolute Gasteiger partial charge is 0.408 e. The van der Waals surface area contributed by atoms with Gasteiger partial charge in [-0.25, -0.2) is 4.79 Å². The van der Waals surface area contributed by atoms with Gasteiger partial charge in [0.25, 0.3) is 5.91 Å². The summed E-state index contributed by atoms with van der Waals surface area (Å²) in [6.45, 7) is 11.8. The highest BCUT2D eigenvalue weighted by atomic mass is 16.6. The lowest BCUT2D eigenvalue weighted by atomic mass is 9.98. The van der Waals surface area contributed by atoms with Gasteiger partial charge in [-0.1, -0.05) is 94.8 Å². The molecular weight excluding hydrogens is 562 g/mol. The number of nitrogens with one attached hydrogen (secondary N) is 2. The van der Waals surface area contributed by atoms with Gasteiger partial charge in [0.1, 0.15) is 17.7 Å². The molecule has 3 aromatic rings. The summed E-state index contributed by atoms with van der Waals surface area (Å²) >= 11 is 0. The van der Waals surface area contributed by atoms with Gasteiger partial charge < -0.3 is 20.3 Å². The summed E-state index contributed by atoms with van der Waals surface area (Å²) in [5.74, 6) is 2.04. The van der Waals surface area contributed by atoms with E-state index in [1.807, 2.05) is 56.3 Å². The number of benzene rings is 3. The number of alkyl carbamates (subject to hydrolysis) is 1. The normalized spacial score (nSPS) is 12.7. The van der Waals surface area contributed by atoms with Crippen LogP contribution in [0.15, 0.2) is 66.7 Å². The Kier molecular flexibility index (Phi) is 13.0. The van der Waals surface area contributed by atoms with Crippen molar-refractivity contribution in [3.8, 4) is 12.3 Å². The predicted octanol–water partition coefficient (Wildman–Crippen LogP) is 8.24. The molecule has 7 nitrogen and oxygen atoms in total. The second kappa shape index (κ2) is 16.7. The molecule has 2 unspecified atom stereocenters. The number of hydrogen-bond donors (Lipinski definition) is 2. The molecule has 0 saturated heterocycles. The molecule has 0 spiro atoms. The van der Waals surface area contributed by atoms with E-state index in [0.717, 1.165) is 42.9 Å². The third-order valence-electron chi connectivity index (χ3n) is 7.45. The first-order valence-electron chi connectivity index (χ1n) is 16.1. The van der Waals surface area contributed by atoms with Gasteiger partial charge in [-0.15, -0.1) is 6.42 Å². The quantitative estimate of drug-likeness (QED) is 0.142. The number of terminal acetylenes is 1. The summed E-state index contributed by atoms with van der Waals surface area (Å²) in [5.41, 5.74) is 1.21. The fraction of sp³-hybridized carbons (Fsp3) is 0.447. The van der Waals surface area contributed by atoms with Crippen molar-refractivity contribution in [2.75, 3.05) is 11.9 Å². The molecule has 0 bridgehead atoms. The number of anilines is 1. The van der Waals surface area contributed by atoms with Crippen molar-refractivity contribution in [1.82, 2.24) is 10.2 Å². The van der Waals surface area contributed by atoms with Gasteiger partial charge in [0.15, 0.2) is 0 Å². The van der Waals surface area contributed by atoms with Gasteiger partial charge in [0, 0.05) is 17.8 Å². The van der Waals surface area contributed by atoms with Crippen LogP contribution >= 0.6 is 0 Å². The minimum Gasteiger partial charge on any atom is -0.444 e. The van der Waals surface area contributed by atoms with Crippen LogP contribution in [0.5, 0.6) is 0 Å². The highest BCUT2D eigenvalue weighted by Gasteiger charge is 2.36. The molecule has 3 amide bonds. The van der Waals surface area contributed by atoms with E-state index in [1.165, 1.54) is 0 Å². The van der Waals surface area contributed by atoms with Gasteiger partial charge in [0.2, 0.25) is 5.91 Å². The molecule has 2 N–H and O–H groups in total. The molecule has 45 heavy (non-hydrogen) atoms. The summed E-state index contributed by atoms with van der Waals surface area (Å²) < 4.78 is 5.52. The maximum absolute atomic E-state index is 14.5. The van der Waals surface area contributed by atoms with Crippen LogP contribution in [0, 0.1) is 18.3 Å². The van der Waals surface area contributed by atoms with Crippen LogP contribution in [-0.4, -0.2) is 41.0 Å². The Balaban J connectivity index is 2.04. The van der Waals surface area contributed by atoms with E-state index in [1.54, 1.807) is 49.9 Å². The zero-order valence-electron chi connectivity index (χ0n) is 27.7. The molecule has 0 radical (unpaired) electrons. The summed E-state index contributed by atoms with van der Waals surface area (Å²) in [5, 5.41) is 7.95. The standard InChI is InChI=1S/C38H49N3O4/c1-8-10-11-12-15-24-41(36(43)33(25-27(3)4)40-37(44)45-38(5,6)7)34(30-20-18-28(9-2)19-21-30)35(42)39-32-23-22-29-16-13-14-17-31(29)26-32/h2,13-14,16-23,26-27,33-34H,8,10-12,15,24-25H2,1,3-7H3,(H,39,42)(H,40,44). The third kappa shape index (κ3) is 11.0. The zero-order valence-corrected chi connectivity index (χ0v) is 27.7. The van der Waals surface area contributed by atoms with Gasteiger partial charge in [0.05, 0.1) is 0 Å². The monoisotopic (exact) mass is 611 g/mol. The number of rotatable bonds is 14. The van der Waals surface area contributed by atoms with Crippen molar-refractivity contribution < 1.29 is 19.1 Å². The minimum absolute atomic E-state index is 0.0973. The van der Waals surface area contributed by atoms with Crippen molar-refractivity contribution >= 4 is 34.4 Å². The van der Waals surface area contributed by atoms with Crippen molar-refractivity contribution in [2.45, 2.75) is 97.8 Å². The second-order valence-electron chi connectivity index (χ2n) is 13.0. The lowest BCUT2D eigenvalue weighted by molar-refractivity contribution is -0.141. The largest absolute Gasteiger partial charge is 0.444 e. The van der Waals surface area contributed by atoms with Crippen molar-refractivity contribution in [3.63, 3.8) is 0 Å². The molecule has 0 aliphatic carbocycles. The molecule has 0 aromatic heterocycles. The number of carbonyl (C=O) groups is 3. The Morgan fingerprint density at radius 1 is 0.911 bits per heavy atom. The van der Waals surface area contributed by atoms with Crippen molar-refractivity contribution in [2.24, 2.45) is 5.92 Å². The topological polar surface area (TPSA) is 87.7 Å². The summed E-state index contributed by atoms with van der Waals surface area (Å²) in [4.78, 5) is 43.3. The van der Waals surface area contributed by atoms with Gasteiger partial charge >= 0.3 is 6.09 Å². The number of ether oxygens (including phenoxy) is 1. The molecule has 0 aliphatic heterocycles. The number of carbonyl (C=O) groups excluding carboxylic acids is 3. The summed E-state index contributed by atoms with van der Waals surface area (Å²) in [6, 6.07) is 19.0. The number of hydrogen-bond acceptors (Lipinski definition) is 4. The fourth-order valence-corrected chi connectivity index (χ4v) is 5.31. The van der Waals surface area contributed by atoms with E-state index in [0.29, 0.717) is 29.8 Å². The van der Waals surface area contributed by atoms with Gasteiger partial charge in [-0.3, -0.25) is 9.59 Å². The Hall–Kier alpha value is -4.31. The number of amides is 3. The number of unbranched alkanes of at least 4 members (excludes halogenated alkanes) is 4. The molecule has 0 heterocycles. The van der Waals surface area contributed by atoms with Gasteiger partial charge in [-0.2, -0.15) is 0 Å². The second-order valence-corrected chi connectivity index (χ2v) is 13.0. The highest BCUT2D eigenvalue weighted by Crippen LogP contribution is 2.28. The van der Waals surface area contributed by atoms with E-state index in [2.05, 4.69) is 23.5 Å². The SMILES string of the molecule is C#Cc1ccc(C(C(=O)Nc2ccc3ccccc3c2)N(CCCCCCC)C(=O)C(CC(C)C)NC(=O)OC(C)(C)C)cc1. The lowest BCUT2D eigenvalue weighted by Crippen LogP contribution is -2.53. The van der Waals surface area contributed by atoms with Crippen LogP contribution in [0.2, 0.25) is 0 Å². The first-order chi connectivity index (χ1) is 21.4. The molecule has 3 aromatic carbocycles. The van der Waals surface area contributed by atoms with Crippen LogP contribution in [0.3, 0.4) is 0 Å².